The second kappa shape index (κ2) is 8.60. The number of hydrogen-bond donors (Lipinski definition) is 0. The van der Waals surface area contributed by atoms with Crippen LogP contribution < -0.4 is 4.74 Å². The molecule has 1 aromatic carbocycles. The van der Waals surface area contributed by atoms with Crippen LogP contribution in [0.3, 0.4) is 0 Å². The second-order valence-electron chi connectivity index (χ2n) is 4.95. The molecule has 0 aliphatic heterocycles. The van der Waals surface area contributed by atoms with Gasteiger partial charge in [0.05, 0.1) is 37.0 Å². The molecule has 0 aliphatic carbocycles. The molecule has 0 unspecified atom stereocenters. The molecule has 0 N–H and O–H groups in total. The minimum atomic E-state index is -0.699. The predicted octanol–water partition coefficient (Wildman–Crippen LogP) is 1.83. The van der Waals surface area contributed by atoms with E-state index in [0.717, 1.165) is 6.07 Å². The van der Waals surface area contributed by atoms with E-state index in [1.807, 2.05) is 0 Å². The van der Waals surface area contributed by atoms with Crippen molar-refractivity contribution in [2.45, 2.75) is 13.5 Å². The van der Waals surface area contributed by atoms with Gasteiger partial charge in [0.25, 0.3) is 0 Å². The molecule has 0 radical (unpaired) electrons. The summed E-state index contributed by atoms with van der Waals surface area (Å²) in [4.78, 5) is 33.4. The van der Waals surface area contributed by atoms with Gasteiger partial charge in [-0.3, -0.25) is 0 Å². The summed E-state index contributed by atoms with van der Waals surface area (Å²) < 4.78 is 16.1. The number of nitro groups is 1. The minimum absolute atomic E-state index is 0.0248. The van der Waals surface area contributed by atoms with Gasteiger partial charge in [-0.1, -0.05) is 0 Å². The lowest BCUT2D eigenvalue weighted by Gasteiger charge is -2.07. The van der Waals surface area contributed by atoms with Crippen molar-refractivity contribution < 1.29 is 28.7 Å². The van der Waals surface area contributed by atoms with E-state index in [1.54, 1.807) is 31.2 Å². The summed E-state index contributed by atoms with van der Waals surface area (Å²) in [5, 5.41) is 14.6. The zero-order chi connectivity index (χ0) is 19.1. The van der Waals surface area contributed by atoms with Gasteiger partial charge in [0, 0.05) is 0 Å². The number of benzene rings is 1. The zero-order valence-corrected chi connectivity index (χ0v) is 14.2. The Morgan fingerprint density at radius 3 is 2.50 bits per heavy atom. The average molecular weight is 363 g/mol. The largest absolute Gasteiger partial charge is 0.492 e. The number of nitrogens with zero attached hydrogens (tertiary/aromatic N) is 3. The first-order valence-electron chi connectivity index (χ1n) is 7.66. The molecule has 2 aromatic rings. The van der Waals surface area contributed by atoms with Crippen molar-refractivity contribution in [3.05, 3.63) is 51.7 Å². The molecule has 2 rings (SSSR count). The highest BCUT2D eigenvalue weighted by Gasteiger charge is 2.24. The third kappa shape index (κ3) is 4.56. The van der Waals surface area contributed by atoms with E-state index in [0.29, 0.717) is 11.3 Å². The van der Waals surface area contributed by atoms with Crippen molar-refractivity contribution in [2.24, 2.45) is 0 Å². The van der Waals surface area contributed by atoms with Crippen molar-refractivity contribution >= 4 is 17.8 Å². The van der Waals surface area contributed by atoms with Gasteiger partial charge in [-0.05, 0) is 36.1 Å². The maximum atomic E-state index is 11.9. The lowest BCUT2D eigenvalue weighted by atomic mass is 10.2. The summed E-state index contributed by atoms with van der Waals surface area (Å²) in [6.45, 7) is 1.97. The Bertz CT molecular complexity index is 799. The number of carbonyl (C=O) groups excluding carboxylic acids is 2. The molecule has 26 heavy (non-hydrogen) atoms. The lowest BCUT2D eigenvalue weighted by Crippen LogP contribution is -2.17. The van der Waals surface area contributed by atoms with Crippen molar-refractivity contribution in [3.63, 3.8) is 0 Å². The summed E-state index contributed by atoms with van der Waals surface area (Å²) >= 11 is 0. The van der Waals surface area contributed by atoms with Crippen LogP contribution in [0.25, 0.3) is 0 Å². The van der Waals surface area contributed by atoms with Crippen LogP contribution in [0.4, 0.5) is 5.82 Å². The van der Waals surface area contributed by atoms with Crippen LogP contribution in [0.5, 0.6) is 5.75 Å². The molecule has 0 bridgehead atoms. The van der Waals surface area contributed by atoms with E-state index in [9.17, 15) is 19.7 Å². The molecular weight excluding hydrogens is 346 g/mol. The Balaban J connectivity index is 2.03. The molecular formula is C16H17N3O7. The molecule has 0 amide bonds. The smallest absolute Gasteiger partial charge is 0.390 e. The van der Waals surface area contributed by atoms with Crippen LogP contribution in [-0.4, -0.2) is 47.0 Å². The Hall–Kier alpha value is -3.43. The van der Waals surface area contributed by atoms with E-state index in [4.69, 9.17) is 9.47 Å². The van der Waals surface area contributed by atoms with Crippen LogP contribution in [-0.2, 0) is 16.0 Å². The summed E-state index contributed by atoms with van der Waals surface area (Å²) in [6, 6.07) is 7.32. The summed E-state index contributed by atoms with van der Waals surface area (Å²) in [5.41, 5.74) is 0.357. The van der Waals surface area contributed by atoms with Crippen LogP contribution in [0.2, 0.25) is 0 Å². The molecule has 0 saturated heterocycles. The van der Waals surface area contributed by atoms with Gasteiger partial charge in [0.2, 0.25) is 0 Å². The minimum Gasteiger partial charge on any atom is -0.492 e. The van der Waals surface area contributed by atoms with Crippen molar-refractivity contribution in [1.29, 1.82) is 0 Å². The molecule has 0 fully saturated rings. The average Bonchev–Trinajstić information content (AvgIpc) is 3.06. The fourth-order valence-electron chi connectivity index (χ4n) is 2.09. The van der Waals surface area contributed by atoms with E-state index in [-0.39, 0.29) is 25.5 Å². The summed E-state index contributed by atoms with van der Waals surface area (Å²) in [5.74, 6) is -1.12. The SMILES string of the molecule is CCOC(=O)c1cc([N+](=O)[O-])nn1CCOc1ccc(C(=O)OC)cc1. The quantitative estimate of drug-likeness (QED) is 0.395. The van der Waals surface area contributed by atoms with E-state index >= 15 is 0 Å². The number of carbonyl (C=O) groups is 2. The third-order valence-electron chi connectivity index (χ3n) is 3.29. The van der Waals surface area contributed by atoms with Crippen molar-refractivity contribution in [3.8, 4) is 5.75 Å². The highest BCUT2D eigenvalue weighted by atomic mass is 16.6. The molecule has 0 saturated carbocycles. The number of hydrogen-bond acceptors (Lipinski definition) is 8. The second-order valence-corrected chi connectivity index (χ2v) is 4.95. The maximum absolute atomic E-state index is 11.9. The van der Waals surface area contributed by atoms with Gasteiger partial charge >= 0.3 is 17.8 Å². The normalized spacial score (nSPS) is 10.2. The molecule has 138 valence electrons. The number of aromatic nitrogens is 2. The fraction of sp³-hybridized carbons (Fsp3) is 0.312. The van der Waals surface area contributed by atoms with E-state index in [1.165, 1.54) is 11.8 Å². The molecule has 10 nitrogen and oxygen atoms in total. The van der Waals surface area contributed by atoms with Gasteiger partial charge in [0.15, 0.2) is 5.69 Å². The fourth-order valence-corrected chi connectivity index (χ4v) is 2.09. The van der Waals surface area contributed by atoms with E-state index in [2.05, 4.69) is 9.84 Å². The Morgan fingerprint density at radius 2 is 1.92 bits per heavy atom. The van der Waals surface area contributed by atoms with Crippen LogP contribution in [0.1, 0.15) is 27.8 Å². The Kier molecular flexibility index (Phi) is 6.25. The summed E-state index contributed by atoms with van der Waals surface area (Å²) in [6.07, 6.45) is 0. The number of methoxy groups -OCH3 is 1. The highest BCUT2D eigenvalue weighted by Crippen LogP contribution is 2.15. The van der Waals surface area contributed by atoms with Crippen LogP contribution in [0.15, 0.2) is 30.3 Å². The topological polar surface area (TPSA) is 123 Å². The van der Waals surface area contributed by atoms with Crippen molar-refractivity contribution in [2.75, 3.05) is 20.3 Å². The van der Waals surface area contributed by atoms with Gasteiger partial charge in [0.1, 0.15) is 12.4 Å². The maximum Gasteiger partial charge on any atom is 0.390 e. The first-order chi connectivity index (χ1) is 12.5. The highest BCUT2D eigenvalue weighted by molar-refractivity contribution is 5.89. The third-order valence-corrected chi connectivity index (χ3v) is 3.29. The summed E-state index contributed by atoms with van der Waals surface area (Å²) in [7, 11) is 1.29. The monoisotopic (exact) mass is 363 g/mol. The first-order valence-corrected chi connectivity index (χ1v) is 7.66. The van der Waals surface area contributed by atoms with Crippen LogP contribution >= 0.6 is 0 Å². The number of rotatable bonds is 8. The molecule has 0 aliphatic rings. The molecule has 10 heteroatoms. The van der Waals surface area contributed by atoms with Crippen LogP contribution in [0, 0.1) is 10.1 Å². The molecule has 1 heterocycles. The molecule has 0 spiro atoms. The Labute approximate surface area is 148 Å². The molecule has 1 aromatic heterocycles. The first kappa shape index (κ1) is 18.9. The number of ether oxygens (including phenoxy) is 3. The Morgan fingerprint density at radius 1 is 1.23 bits per heavy atom. The zero-order valence-electron chi connectivity index (χ0n) is 14.2. The van der Waals surface area contributed by atoms with Gasteiger partial charge in [-0.25, -0.2) is 9.59 Å². The lowest BCUT2D eigenvalue weighted by molar-refractivity contribution is -0.389. The predicted molar refractivity (Wildman–Crippen MR) is 88.1 cm³/mol. The van der Waals surface area contributed by atoms with Gasteiger partial charge in [-0.15, -0.1) is 0 Å². The van der Waals surface area contributed by atoms with E-state index < -0.39 is 22.7 Å². The van der Waals surface area contributed by atoms with Crippen molar-refractivity contribution in [1.82, 2.24) is 9.78 Å². The molecule has 0 atom stereocenters. The number of esters is 2. The van der Waals surface area contributed by atoms with Gasteiger partial charge < -0.3 is 24.3 Å². The van der Waals surface area contributed by atoms with Gasteiger partial charge in [-0.2, -0.15) is 4.68 Å². The standard InChI is InChI=1S/C16H17N3O7/c1-3-25-16(21)13-10-14(19(22)23)17-18(13)8-9-26-12-6-4-11(5-7-12)15(20)24-2/h4-7,10H,3,8-9H2,1-2H3.